The van der Waals surface area contributed by atoms with Crippen LogP contribution in [0.2, 0.25) is 0 Å². The molecule has 0 unspecified atom stereocenters. The molecule has 0 saturated carbocycles. The van der Waals surface area contributed by atoms with Crippen molar-refractivity contribution in [1.82, 2.24) is 20.2 Å². The van der Waals surface area contributed by atoms with Gasteiger partial charge in [-0.1, -0.05) is 6.07 Å². The summed E-state index contributed by atoms with van der Waals surface area (Å²) in [4.78, 5) is 10.9. The Kier molecular flexibility index (Phi) is 5.44. The number of hydrogen-bond acceptors (Lipinski definition) is 5. The van der Waals surface area contributed by atoms with Gasteiger partial charge in [-0.2, -0.15) is 0 Å². The third-order valence-electron chi connectivity index (χ3n) is 2.82. The summed E-state index contributed by atoms with van der Waals surface area (Å²) in [5, 5.41) is 6.70. The Bertz CT molecular complexity index is 483. The molecule has 0 saturated heterocycles. The number of rotatable bonds is 7. The van der Waals surface area contributed by atoms with Crippen molar-refractivity contribution in [1.29, 1.82) is 0 Å². The minimum absolute atomic E-state index is 0.873. The van der Waals surface area contributed by atoms with E-state index in [9.17, 15) is 0 Å². The van der Waals surface area contributed by atoms with Gasteiger partial charge in [0.25, 0.3) is 0 Å². The average Bonchev–Trinajstić information content (AvgIpc) is 2.81. The number of aromatic nitrogens is 2. The number of nitrogens with one attached hydrogen (secondary N) is 1. The number of aryl methyl sites for hydroxylation is 1. The Morgan fingerprint density at radius 1 is 1.42 bits per heavy atom. The summed E-state index contributed by atoms with van der Waals surface area (Å²) < 4.78 is 0. The molecule has 2 aromatic heterocycles. The van der Waals surface area contributed by atoms with Gasteiger partial charge in [0, 0.05) is 44.0 Å². The summed E-state index contributed by atoms with van der Waals surface area (Å²) in [6.07, 6.45) is 3.70. The van der Waals surface area contributed by atoms with E-state index in [1.54, 1.807) is 17.5 Å². The van der Waals surface area contributed by atoms with Crippen LogP contribution in [0, 0.1) is 6.92 Å². The number of nitrogens with zero attached hydrogens (tertiary/aromatic N) is 3. The molecule has 0 amide bonds. The van der Waals surface area contributed by atoms with E-state index < -0.39 is 0 Å². The number of pyridine rings is 1. The second-order valence-electron chi connectivity index (χ2n) is 4.63. The first-order valence-corrected chi connectivity index (χ1v) is 7.31. The van der Waals surface area contributed by atoms with Gasteiger partial charge in [0.2, 0.25) is 0 Å². The lowest BCUT2D eigenvalue weighted by Gasteiger charge is -2.15. The Morgan fingerprint density at radius 3 is 3.00 bits per heavy atom. The van der Waals surface area contributed by atoms with Crippen LogP contribution in [0.4, 0.5) is 0 Å². The maximum absolute atomic E-state index is 4.47. The van der Waals surface area contributed by atoms with Gasteiger partial charge in [-0.15, -0.1) is 11.3 Å². The maximum Gasteiger partial charge on any atom is 0.0897 e. The van der Waals surface area contributed by atoms with Gasteiger partial charge in [0.15, 0.2) is 0 Å². The minimum Gasteiger partial charge on any atom is -0.311 e. The van der Waals surface area contributed by atoms with E-state index in [1.807, 2.05) is 19.2 Å². The topological polar surface area (TPSA) is 41.1 Å². The molecule has 2 aromatic rings. The van der Waals surface area contributed by atoms with Crippen LogP contribution in [0.25, 0.3) is 0 Å². The summed E-state index contributed by atoms with van der Waals surface area (Å²) in [5.41, 5.74) is 2.39. The van der Waals surface area contributed by atoms with Gasteiger partial charge in [0.05, 0.1) is 10.7 Å². The second-order valence-corrected chi connectivity index (χ2v) is 5.70. The highest BCUT2D eigenvalue weighted by Crippen LogP contribution is 2.09. The molecule has 0 atom stereocenters. The molecule has 0 spiro atoms. The molecule has 2 heterocycles. The van der Waals surface area contributed by atoms with Gasteiger partial charge in [0.1, 0.15) is 0 Å². The summed E-state index contributed by atoms with van der Waals surface area (Å²) in [6.45, 7) is 5.81. The molecule has 5 heteroatoms. The Morgan fingerprint density at radius 2 is 2.32 bits per heavy atom. The molecule has 0 aromatic carbocycles. The van der Waals surface area contributed by atoms with Gasteiger partial charge < -0.3 is 5.32 Å². The zero-order chi connectivity index (χ0) is 13.5. The van der Waals surface area contributed by atoms with Crippen molar-refractivity contribution in [3.8, 4) is 0 Å². The normalized spacial score (nSPS) is 11.1. The fourth-order valence-electron chi connectivity index (χ4n) is 1.84. The molecule has 19 heavy (non-hydrogen) atoms. The smallest absolute Gasteiger partial charge is 0.0897 e. The van der Waals surface area contributed by atoms with Crippen LogP contribution in [0.5, 0.6) is 0 Å². The van der Waals surface area contributed by atoms with Crippen molar-refractivity contribution in [2.45, 2.75) is 20.0 Å². The van der Waals surface area contributed by atoms with Crippen molar-refractivity contribution in [2.24, 2.45) is 0 Å². The summed E-state index contributed by atoms with van der Waals surface area (Å²) >= 11 is 1.71. The van der Waals surface area contributed by atoms with E-state index in [2.05, 4.69) is 38.7 Å². The first-order valence-electron chi connectivity index (χ1n) is 6.43. The minimum atomic E-state index is 0.873. The first kappa shape index (κ1) is 14.1. The Balaban J connectivity index is 1.63. The predicted molar refractivity (Wildman–Crippen MR) is 79.1 cm³/mol. The van der Waals surface area contributed by atoms with Crippen molar-refractivity contribution < 1.29 is 0 Å². The number of likely N-dealkylation sites (N-methyl/N-ethyl adjacent to an activating group) is 1. The van der Waals surface area contributed by atoms with E-state index in [4.69, 9.17) is 0 Å². The first-order chi connectivity index (χ1) is 9.24. The van der Waals surface area contributed by atoms with Gasteiger partial charge >= 0.3 is 0 Å². The SMILES string of the molecule is Cc1nc(CN(C)CCNCc2cccnc2)cs1. The fraction of sp³-hybridized carbons (Fsp3) is 0.429. The van der Waals surface area contributed by atoms with Crippen LogP contribution < -0.4 is 5.32 Å². The van der Waals surface area contributed by atoms with Crippen LogP contribution in [0.15, 0.2) is 29.9 Å². The number of thiazole rings is 1. The van der Waals surface area contributed by atoms with Crippen molar-refractivity contribution in [3.05, 3.63) is 46.2 Å². The van der Waals surface area contributed by atoms with Crippen LogP contribution in [0.3, 0.4) is 0 Å². The van der Waals surface area contributed by atoms with Crippen LogP contribution in [-0.4, -0.2) is 35.0 Å². The third kappa shape index (κ3) is 5.06. The summed E-state index contributed by atoms with van der Waals surface area (Å²) in [5.74, 6) is 0. The van der Waals surface area contributed by atoms with Crippen molar-refractivity contribution >= 4 is 11.3 Å². The molecule has 4 nitrogen and oxygen atoms in total. The molecule has 2 rings (SSSR count). The van der Waals surface area contributed by atoms with Crippen molar-refractivity contribution in [2.75, 3.05) is 20.1 Å². The molecular formula is C14H20N4S. The fourth-order valence-corrected chi connectivity index (χ4v) is 2.45. The van der Waals surface area contributed by atoms with Crippen LogP contribution in [-0.2, 0) is 13.1 Å². The molecule has 102 valence electrons. The highest BCUT2D eigenvalue weighted by Gasteiger charge is 2.03. The zero-order valence-electron chi connectivity index (χ0n) is 11.5. The second kappa shape index (κ2) is 7.33. The lowest BCUT2D eigenvalue weighted by molar-refractivity contribution is 0.321. The molecule has 1 N–H and O–H groups in total. The molecule has 0 aliphatic rings. The standard InChI is InChI=1S/C14H20N4S/c1-12-17-14(11-19-12)10-18(2)7-6-16-9-13-4-3-5-15-8-13/h3-5,8,11,16H,6-7,9-10H2,1-2H3. The van der Waals surface area contributed by atoms with Crippen LogP contribution >= 0.6 is 11.3 Å². The van der Waals surface area contributed by atoms with Gasteiger partial charge in [-0.05, 0) is 25.6 Å². The molecule has 0 fully saturated rings. The quantitative estimate of drug-likeness (QED) is 0.786. The maximum atomic E-state index is 4.47. The average molecular weight is 276 g/mol. The molecular weight excluding hydrogens is 256 g/mol. The summed E-state index contributed by atoms with van der Waals surface area (Å²) in [7, 11) is 2.13. The van der Waals surface area contributed by atoms with E-state index in [-0.39, 0.29) is 0 Å². The highest BCUT2D eigenvalue weighted by atomic mass is 32.1. The zero-order valence-corrected chi connectivity index (χ0v) is 12.3. The monoisotopic (exact) mass is 276 g/mol. The lowest BCUT2D eigenvalue weighted by Crippen LogP contribution is -2.28. The number of hydrogen-bond donors (Lipinski definition) is 1. The lowest BCUT2D eigenvalue weighted by atomic mass is 10.3. The van der Waals surface area contributed by atoms with E-state index in [0.717, 1.165) is 36.9 Å². The molecule has 0 aliphatic carbocycles. The van der Waals surface area contributed by atoms with Crippen molar-refractivity contribution in [3.63, 3.8) is 0 Å². The third-order valence-corrected chi connectivity index (χ3v) is 3.64. The van der Waals surface area contributed by atoms with E-state index in [1.165, 1.54) is 5.56 Å². The molecule has 0 bridgehead atoms. The van der Waals surface area contributed by atoms with Gasteiger partial charge in [-0.25, -0.2) is 4.98 Å². The summed E-state index contributed by atoms with van der Waals surface area (Å²) in [6, 6.07) is 4.05. The molecule has 0 aliphatic heterocycles. The Hall–Kier alpha value is -1.30. The molecule has 0 radical (unpaired) electrons. The largest absolute Gasteiger partial charge is 0.311 e. The van der Waals surface area contributed by atoms with Crippen LogP contribution in [0.1, 0.15) is 16.3 Å². The Labute approximate surface area is 118 Å². The predicted octanol–water partition coefficient (Wildman–Crippen LogP) is 2.07. The van der Waals surface area contributed by atoms with E-state index in [0.29, 0.717) is 0 Å². The van der Waals surface area contributed by atoms with Gasteiger partial charge in [-0.3, -0.25) is 9.88 Å². The highest BCUT2D eigenvalue weighted by molar-refractivity contribution is 7.09. The van der Waals surface area contributed by atoms with E-state index >= 15 is 0 Å².